The number of carbonyl (C=O) groups excluding carboxylic acids is 1. The second-order valence-electron chi connectivity index (χ2n) is 5.12. The van der Waals surface area contributed by atoms with Gasteiger partial charge >= 0.3 is 0 Å². The summed E-state index contributed by atoms with van der Waals surface area (Å²) in [6.45, 7) is 6.13. The van der Waals surface area contributed by atoms with Crippen molar-refractivity contribution in [2.24, 2.45) is 5.41 Å². The van der Waals surface area contributed by atoms with Gasteiger partial charge in [0, 0.05) is 18.0 Å². The number of anilines is 1. The lowest BCUT2D eigenvalue weighted by atomic mass is 9.92. The molecule has 0 saturated carbocycles. The molecule has 1 rings (SSSR count). The van der Waals surface area contributed by atoms with Crippen molar-refractivity contribution in [1.29, 1.82) is 0 Å². The monoisotopic (exact) mass is 239 g/mol. The van der Waals surface area contributed by atoms with Crippen molar-refractivity contribution in [2.45, 2.75) is 33.1 Å². The maximum absolute atomic E-state index is 11.6. The van der Waals surface area contributed by atoms with Gasteiger partial charge in [-0.1, -0.05) is 32.9 Å². The van der Waals surface area contributed by atoms with Gasteiger partial charge in [0.15, 0.2) is 0 Å². The Morgan fingerprint density at radius 3 is 2.25 bits per heavy atom. The van der Waals surface area contributed by atoms with Crippen molar-refractivity contribution in [3.05, 3.63) is 29.8 Å². The molecule has 3 heteroatoms. The smallest absolute Gasteiger partial charge is 0.224 e. The lowest BCUT2D eigenvalue weighted by Gasteiger charge is -2.17. The maximum Gasteiger partial charge on any atom is 0.224 e. The van der Waals surface area contributed by atoms with Gasteiger partial charge in [0.1, 0.15) is 0 Å². The average molecular weight is 240 g/mol. The summed E-state index contributed by atoms with van der Waals surface area (Å²) in [5, 5.41) is 2.87. The van der Waals surface area contributed by atoms with Gasteiger partial charge in [0.25, 0.3) is 0 Å². The minimum absolute atomic E-state index is 0.0141. The highest BCUT2D eigenvalue weighted by molar-refractivity contribution is 6.17. The van der Waals surface area contributed by atoms with E-state index in [9.17, 15) is 4.79 Å². The van der Waals surface area contributed by atoms with Crippen LogP contribution in [0.3, 0.4) is 0 Å². The van der Waals surface area contributed by atoms with E-state index in [0.29, 0.717) is 12.3 Å². The van der Waals surface area contributed by atoms with E-state index in [1.54, 1.807) is 0 Å². The molecule has 0 aliphatic carbocycles. The fourth-order valence-corrected chi connectivity index (χ4v) is 1.54. The molecule has 0 spiro atoms. The van der Waals surface area contributed by atoms with E-state index in [1.807, 2.05) is 45.0 Å². The van der Waals surface area contributed by atoms with Gasteiger partial charge in [-0.3, -0.25) is 4.79 Å². The van der Waals surface area contributed by atoms with Crippen LogP contribution in [-0.2, 0) is 10.7 Å². The van der Waals surface area contributed by atoms with E-state index < -0.39 is 0 Å². The third kappa shape index (κ3) is 4.67. The van der Waals surface area contributed by atoms with Gasteiger partial charge in [-0.05, 0) is 23.1 Å². The lowest BCUT2D eigenvalue weighted by molar-refractivity contribution is -0.117. The van der Waals surface area contributed by atoms with Crippen molar-refractivity contribution < 1.29 is 4.79 Å². The second-order valence-corrected chi connectivity index (χ2v) is 5.38. The SMILES string of the molecule is CC(C)(C)CC(=O)Nc1ccc(CCl)cc1. The second kappa shape index (κ2) is 5.35. The van der Waals surface area contributed by atoms with Crippen LogP contribution in [0.5, 0.6) is 0 Å². The van der Waals surface area contributed by atoms with Crippen molar-refractivity contribution in [1.82, 2.24) is 0 Å². The zero-order valence-electron chi connectivity index (χ0n) is 10.0. The summed E-state index contributed by atoms with van der Waals surface area (Å²) < 4.78 is 0. The number of hydrogen-bond acceptors (Lipinski definition) is 1. The number of rotatable bonds is 3. The molecule has 2 nitrogen and oxygen atoms in total. The first-order valence-electron chi connectivity index (χ1n) is 5.35. The van der Waals surface area contributed by atoms with Crippen molar-refractivity contribution in [3.8, 4) is 0 Å². The minimum atomic E-state index is 0.0141. The van der Waals surface area contributed by atoms with Gasteiger partial charge < -0.3 is 5.32 Å². The van der Waals surface area contributed by atoms with Gasteiger partial charge in [0.2, 0.25) is 5.91 Å². The zero-order chi connectivity index (χ0) is 12.2. The molecule has 88 valence electrons. The number of carbonyl (C=O) groups is 1. The van der Waals surface area contributed by atoms with E-state index >= 15 is 0 Å². The summed E-state index contributed by atoms with van der Waals surface area (Å²) in [6.07, 6.45) is 0.518. The quantitative estimate of drug-likeness (QED) is 0.799. The molecule has 1 aromatic carbocycles. The highest BCUT2D eigenvalue weighted by Gasteiger charge is 2.15. The number of alkyl halides is 1. The number of amides is 1. The van der Waals surface area contributed by atoms with Crippen LogP contribution in [0.1, 0.15) is 32.8 Å². The fourth-order valence-electron chi connectivity index (χ4n) is 1.36. The molecule has 16 heavy (non-hydrogen) atoms. The van der Waals surface area contributed by atoms with Crippen LogP contribution in [0.25, 0.3) is 0 Å². The Morgan fingerprint density at radius 2 is 1.81 bits per heavy atom. The molecule has 0 radical (unpaired) electrons. The Labute approximate surface area is 102 Å². The highest BCUT2D eigenvalue weighted by Crippen LogP contribution is 2.19. The molecule has 0 atom stereocenters. The first-order valence-corrected chi connectivity index (χ1v) is 5.89. The molecular weight excluding hydrogens is 222 g/mol. The molecular formula is C13H18ClNO. The van der Waals surface area contributed by atoms with Crippen LogP contribution in [0, 0.1) is 5.41 Å². The molecule has 0 unspecified atom stereocenters. The molecule has 1 aromatic rings. The topological polar surface area (TPSA) is 29.1 Å². The standard InChI is InChI=1S/C13H18ClNO/c1-13(2,3)8-12(16)15-11-6-4-10(9-14)5-7-11/h4-7H,8-9H2,1-3H3,(H,15,16). The Morgan fingerprint density at radius 1 is 1.25 bits per heavy atom. The summed E-state index contributed by atoms with van der Waals surface area (Å²) in [6, 6.07) is 7.58. The first-order chi connectivity index (χ1) is 7.40. The summed E-state index contributed by atoms with van der Waals surface area (Å²) in [5.74, 6) is 0.544. The maximum atomic E-state index is 11.6. The van der Waals surface area contributed by atoms with Gasteiger partial charge in [0.05, 0.1) is 0 Å². The van der Waals surface area contributed by atoms with E-state index in [4.69, 9.17) is 11.6 Å². The molecule has 1 amide bonds. The van der Waals surface area contributed by atoms with Crippen LogP contribution in [-0.4, -0.2) is 5.91 Å². The largest absolute Gasteiger partial charge is 0.326 e. The molecule has 0 bridgehead atoms. The molecule has 0 aliphatic rings. The Bertz CT molecular complexity index is 351. The van der Waals surface area contributed by atoms with Crippen LogP contribution in [0.4, 0.5) is 5.69 Å². The van der Waals surface area contributed by atoms with Crippen LogP contribution >= 0.6 is 11.6 Å². The van der Waals surface area contributed by atoms with E-state index in [0.717, 1.165) is 11.3 Å². The van der Waals surface area contributed by atoms with Crippen LogP contribution in [0.2, 0.25) is 0 Å². The number of hydrogen-bond donors (Lipinski definition) is 1. The molecule has 0 aromatic heterocycles. The van der Waals surface area contributed by atoms with E-state index in [1.165, 1.54) is 0 Å². The molecule has 0 saturated heterocycles. The Kier molecular flexibility index (Phi) is 4.36. The predicted octanol–water partition coefficient (Wildman–Crippen LogP) is 3.80. The van der Waals surface area contributed by atoms with Crippen molar-refractivity contribution >= 4 is 23.2 Å². The molecule has 0 fully saturated rings. The van der Waals surface area contributed by atoms with Crippen LogP contribution < -0.4 is 5.32 Å². The summed E-state index contributed by atoms with van der Waals surface area (Å²) in [4.78, 5) is 11.6. The van der Waals surface area contributed by atoms with Crippen LogP contribution in [0.15, 0.2) is 24.3 Å². The van der Waals surface area contributed by atoms with Crippen molar-refractivity contribution in [2.75, 3.05) is 5.32 Å². The lowest BCUT2D eigenvalue weighted by Crippen LogP contribution is -2.19. The van der Waals surface area contributed by atoms with E-state index in [2.05, 4.69) is 5.32 Å². The summed E-state index contributed by atoms with van der Waals surface area (Å²) in [7, 11) is 0. The van der Waals surface area contributed by atoms with Crippen molar-refractivity contribution in [3.63, 3.8) is 0 Å². The molecule has 1 N–H and O–H groups in total. The number of benzene rings is 1. The van der Waals surface area contributed by atoms with Gasteiger partial charge in [-0.15, -0.1) is 11.6 Å². The normalized spacial score (nSPS) is 11.2. The number of halogens is 1. The minimum Gasteiger partial charge on any atom is -0.326 e. The third-order valence-corrected chi connectivity index (χ3v) is 2.39. The average Bonchev–Trinajstić information content (AvgIpc) is 2.16. The summed E-state index contributed by atoms with van der Waals surface area (Å²) >= 11 is 5.68. The zero-order valence-corrected chi connectivity index (χ0v) is 10.8. The van der Waals surface area contributed by atoms with Gasteiger partial charge in [-0.25, -0.2) is 0 Å². The first kappa shape index (κ1) is 13.0. The number of nitrogens with one attached hydrogen (secondary N) is 1. The van der Waals surface area contributed by atoms with Gasteiger partial charge in [-0.2, -0.15) is 0 Å². The molecule has 0 heterocycles. The fraction of sp³-hybridized carbons (Fsp3) is 0.462. The third-order valence-electron chi connectivity index (χ3n) is 2.08. The molecule has 0 aliphatic heterocycles. The summed E-state index contributed by atoms with van der Waals surface area (Å²) in [5.41, 5.74) is 1.89. The highest BCUT2D eigenvalue weighted by atomic mass is 35.5. The Hall–Kier alpha value is -1.02. The van der Waals surface area contributed by atoms with E-state index in [-0.39, 0.29) is 11.3 Å². The predicted molar refractivity (Wildman–Crippen MR) is 68.7 cm³/mol. The Balaban J connectivity index is 2.56.